The minimum atomic E-state index is -3.06. The van der Waals surface area contributed by atoms with Crippen molar-refractivity contribution in [1.29, 1.82) is 0 Å². The number of hydrogen-bond acceptors (Lipinski definition) is 4. The van der Waals surface area contributed by atoms with Crippen LogP contribution in [0, 0.1) is 11.6 Å². The zero-order chi connectivity index (χ0) is 17.0. The van der Waals surface area contributed by atoms with E-state index in [9.17, 15) is 22.0 Å². The number of hydrogen-bond donors (Lipinski definition) is 0. The molecule has 1 aromatic rings. The van der Waals surface area contributed by atoms with Crippen molar-refractivity contribution in [3.8, 4) is 0 Å². The molecular weight excluding hydrogens is 344 g/mol. The van der Waals surface area contributed by atoms with Crippen molar-refractivity contribution in [2.45, 2.75) is 30.7 Å². The fraction of sp³-hybridized carbons (Fsp3) is 0.533. The molecule has 1 amide bonds. The van der Waals surface area contributed by atoms with Crippen LogP contribution in [0.1, 0.15) is 19.8 Å². The first-order chi connectivity index (χ1) is 10.8. The first kappa shape index (κ1) is 18.2. The molecule has 0 radical (unpaired) electrons. The first-order valence-electron chi connectivity index (χ1n) is 7.40. The van der Waals surface area contributed by atoms with Crippen molar-refractivity contribution in [2.24, 2.45) is 0 Å². The number of nitrogens with zero attached hydrogens (tertiary/aromatic N) is 1. The number of thioether (sulfide) groups is 1. The minimum absolute atomic E-state index is 0.00851. The highest BCUT2D eigenvalue weighted by molar-refractivity contribution is 8.00. The second-order valence-corrected chi connectivity index (χ2v) is 8.79. The number of halogens is 2. The Labute approximate surface area is 139 Å². The van der Waals surface area contributed by atoms with Crippen LogP contribution in [0.3, 0.4) is 0 Å². The number of amides is 1. The third-order valence-corrected chi connectivity index (χ3v) is 6.42. The van der Waals surface area contributed by atoms with E-state index in [0.717, 1.165) is 30.3 Å². The molecule has 23 heavy (non-hydrogen) atoms. The van der Waals surface area contributed by atoms with Crippen LogP contribution in [0.15, 0.2) is 23.1 Å². The SMILES string of the molecule is CCCN(C(=O)CSc1ccc(F)c(F)c1)C1CCS(=O)(=O)C1. The van der Waals surface area contributed by atoms with Crippen LogP contribution in [0.5, 0.6) is 0 Å². The fourth-order valence-electron chi connectivity index (χ4n) is 2.57. The van der Waals surface area contributed by atoms with E-state index in [4.69, 9.17) is 0 Å². The molecule has 128 valence electrons. The Balaban J connectivity index is 1.99. The molecule has 1 atom stereocenters. The fourth-order valence-corrected chi connectivity index (χ4v) is 5.11. The number of sulfone groups is 1. The van der Waals surface area contributed by atoms with Gasteiger partial charge in [-0.1, -0.05) is 6.92 Å². The van der Waals surface area contributed by atoms with Crippen LogP contribution in [0.2, 0.25) is 0 Å². The molecule has 1 saturated heterocycles. The maximum Gasteiger partial charge on any atom is 0.233 e. The smallest absolute Gasteiger partial charge is 0.233 e. The van der Waals surface area contributed by atoms with Gasteiger partial charge in [-0.05, 0) is 31.0 Å². The average Bonchev–Trinajstić information content (AvgIpc) is 2.85. The van der Waals surface area contributed by atoms with Gasteiger partial charge in [0.2, 0.25) is 5.91 Å². The highest BCUT2D eigenvalue weighted by atomic mass is 32.2. The maximum atomic E-state index is 13.2. The molecule has 1 heterocycles. The predicted molar refractivity (Wildman–Crippen MR) is 86.1 cm³/mol. The number of rotatable bonds is 6. The van der Waals surface area contributed by atoms with Gasteiger partial charge in [-0.3, -0.25) is 4.79 Å². The topological polar surface area (TPSA) is 54.5 Å². The summed E-state index contributed by atoms with van der Waals surface area (Å²) in [6.07, 6.45) is 1.20. The second-order valence-electron chi connectivity index (χ2n) is 5.51. The standard InChI is InChI=1S/C15H19F2NO3S2/c1-2-6-18(11-5-7-23(20,21)10-11)15(19)9-22-12-3-4-13(16)14(17)8-12/h3-4,8,11H,2,5-7,9-10H2,1H3. The Morgan fingerprint density at radius 2 is 2.09 bits per heavy atom. The molecule has 0 bridgehead atoms. The first-order valence-corrected chi connectivity index (χ1v) is 10.2. The Kier molecular flexibility index (Phi) is 6.02. The summed E-state index contributed by atoms with van der Waals surface area (Å²) < 4.78 is 49.3. The highest BCUT2D eigenvalue weighted by Gasteiger charge is 2.34. The molecular formula is C15H19F2NO3S2. The molecule has 0 aliphatic carbocycles. The summed E-state index contributed by atoms with van der Waals surface area (Å²) >= 11 is 1.12. The summed E-state index contributed by atoms with van der Waals surface area (Å²) in [5.41, 5.74) is 0. The molecule has 0 spiro atoms. The van der Waals surface area contributed by atoms with Crippen LogP contribution in [-0.2, 0) is 14.6 Å². The number of benzene rings is 1. The van der Waals surface area contributed by atoms with Gasteiger partial charge in [0, 0.05) is 17.5 Å². The molecule has 8 heteroatoms. The molecule has 1 fully saturated rings. The molecule has 1 aliphatic rings. The minimum Gasteiger partial charge on any atom is -0.338 e. The zero-order valence-electron chi connectivity index (χ0n) is 12.8. The van der Waals surface area contributed by atoms with Gasteiger partial charge in [-0.2, -0.15) is 0 Å². The molecule has 0 N–H and O–H groups in total. The summed E-state index contributed by atoms with van der Waals surface area (Å²) in [5, 5.41) is 0. The lowest BCUT2D eigenvalue weighted by Crippen LogP contribution is -2.42. The molecule has 1 aromatic carbocycles. The van der Waals surface area contributed by atoms with E-state index >= 15 is 0 Å². The molecule has 2 rings (SSSR count). The largest absolute Gasteiger partial charge is 0.338 e. The Bertz CT molecular complexity index is 679. The number of carbonyl (C=O) groups excluding carboxylic acids is 1. The highest BCUT2D eigenvalue weighted by Crippen LogP contribution is 2.23. The summed E-state index contributed by atoms with van der Waals surface area (Å²) in [6, 6.07) is 3.21. The normalized spacial score (nSPS) is 19.7. The van der Waals surface area contributed by atoms with Crippen molar-refractivity contribution in [2.75, 3.05) is 23.8 Å². The van der Waals surface area contributed by atoms with Gasteiger partial charge >= 0.3 is 0 Å². The van der Waals surface area contributed by atoms with E-state index in [-0.39, 0.29) is 29.2 Å². The molecule has 0 aromatic heterocycles. The monoisotopic (exact) mass is 363 g/mol. The van der Waals surface area contributed by atoms with E-state index in [2.05, 4.69) is 0 Å². The third-order valence-electron chi connectivity index (χ3n) is 3.69. The van der Waals surface area contributed by atoms with Crippen LogP contribution in [0.4, 0.5) is 8.78 Å². The van der Waals surface area contributed by atoms with Gasteiger partial charge < -0.3 is 4.90 Å². The predicted octanol–water partition coefficient (Wildman–Crippen LogP) is 2.48. The lowest BCUT2D eigenvalue weighted by Gasteiger charge is -2.27. The van der Waals surface area contributed by atoms with Gasteiger partial charge in [-0.25, -0.2) is 17.2 Å². The maximum absolute atomic E-state index is 13.2. The molecule has 1 aliphatic heterocycles. The van der Waals surface area contributed by atoms with Crippen LogP contribution in [0.25, 0.3) is 0 Å². The van der Waals surface area contributed by atoms with Crippen molar-refractivity contribution in [3.63, 3.8) is 0 Å². The van der Waals surface area contributed by atoms with Crippen LogP contribution >= 0.6 is 11.8 Å². The van der Waals surface area contributed by atoms with Crippen molar-refractivity contribution in [1.82, 2.24) is 4.90 Å². The summed E-state index contributed by atoms with van der Waals surface area (Å²) in [4.78, 5) is 14.5. The third kappa shape index (κ3) is 4.91. The van der Waals surface area contributed by atoms with E-state index in [1.807, 2.05) is 6.92 Å². The van der Waals surface area contributed by atoms with Gasteiger partial charge in [0.1, 0.15) is 0 Å². The summed E-state index contributed by atoms with van der Waals surface area (Å²) in [7, 11) is -3.06. The van der Waals surface area contributed by atoms with Gasteiger partial charge in [0.25, 0.3) is 0 Å². The second kappa shape index (κ2) is 7.61. The summed E-state index contributed by atoms with van der Waals surface area (Å²) in [6.45, 7) is 2.42. The van der Waals surface area contributed by atoms with E-state index < -0.39 is 21.5 Å². The van der Waals surface area contributed by atoms with Crippen LogP contribution < -0.4 is 0 Å². The van der Waals surface area contributed by atoms with E-state index in [0.29, 0.717) is 17.9 Å². The van der Waals surface area contributed by atoms with E-state index in [1.54, 1.807) is 4.90 Å². The Morgan fingerprint density at radius 1 is 1.35 bits per heavy atom. The molecule has 4 nitrogen and oxygen atoms in total. The lowest BCUT2D eigenvalue weighted by molar-refractivity contribution is -0.130. The number of carbonyl (C=O) groups is 1. The molecule has 1 unspecified atom stereocenters. The average molecular weight is 363 g/mol. The van der Waals surface area contributed by atoms with Gasteiger partial charge in [0.05, 0.1) is 17.3 Å². The van der Waals surface area contributed by atoms with Crippen molar-refractivity contribution < 1.29 is 22.0 Å². The Hall–Kier alpha value is -1.15. The van der Waals surface area contributed by atoms with Crippen LogP contribution in [-0.4, -0.2) is 49.1 Å². The van der Waals surface area contributed by atoms with E-state index in [1.165, 1.54) is 6.07 Å². The lowest BCUT2D eigenvalue weighted by atomic mass is 10.2. The Morgan fingerprint density at radius 3 is 2.65 bits per heavy atom. The van der Waals surface area contributed by atoms with Gasteiger partial charge in [-0.15, -0.1) is 11.8 Å². The van der Waals surface area contributed by atoms with Crippen molar-refractivity contribution >= 4 is 27.5 Å². The van der Waals surface area contributed by atoms with Gasteiger partial charge in [0.15, 0.2) is 21.5 Å². The quantitative estimate of drug-likeness (QED) is 0.729. The zero-order valence-corrected chi connectivity index (χ0v) is 14.4. The van der Waals surface area contributed by atoms with Crippen molar-refractivity contribution in [3.05, 3.63) is 29.8 Å². The molecule has 0 saturated carbocycles. The summed E-state index contributed by atoms with van der Waals surface area (Å²) in [5.74, 6) is -1.86.